The fourth-order valence-corrected chi connectivity index (χ4v) is 6.25. The number of rotatable bonds is 6. The number of carbonyl (C=O) groups is 2. The summed E-state index contributed by atoms with van der Waals surface area (Å²) in [6, 6.07) is 8.79. The van der Waals surface area contributed by atoms with Gasteiger partial charge in [0.2, 0.25) is 0 Å². The number of aromatic nitrogens is 2. The van der Waals surface area contributed by atoms with Crippen molar-refractivity contribution in [2.45, 2.75) is 45.5 Å². The maximum Gasteiger partial charge on any atom is 0.416 e. The van der Waals surface area contributed by atoms with Crippen molar-refractivity contribution in [3.05, 3.63) is 69.2 Å². The summed E-state index contributed by atoms with van der Waals surface area (Å²) in [6.07, 6.45) is 0.956. The van der Waals surface area contributed by atoms with Gasteiger partial charge in [0.05, 0.1) is 34.8 Å². The quantitative estimate of drug-likeness (QED) is 0.298. The van der Waals surface area contributed by atoms with E-state index in [9.17, 15) is 22.8 Å². The number of carbonyl (C=O) groups excluding carboxylic acids is 2. The van der Waals surface area contributed by atoms with Crippen LogP contribution in [0.15, 0.2) is 47.5 Å². The highest BCUT2D eigenvalue weighted by molar-refractivity contribution is 8.18. The number of nitrogens with zero attached hydrogens (tertiary/aromatic N) is 4. The predicted octanol–water partition coefficient (Wildman–Crippen LogP) is 6.91. The summed E-state index contributed by atoms with van der Waals surface area (Å²) >= 11 is 6.73. The summed E-state index contributed by atoms with van der Waals surface area (Å²) in [4.78, 5) is 29.9. The highest BCUT2D eigenvalue weighted by Crippen LogP contribution is 2.36. The molecule has 3 heterocycles. The van der Waals surface area contributed by atoms with E-state index in [1.165, 1.54) is 21.7 Å². The lowest BCUT2D eigenvalue weighted by Crippen LogP contribution is -2.46. The van der Waals surface area contributed by atoms with Crippen molar-refractivity contribution in [3.8, 4) is 0 Å². The average Bonchev–Trinajstić information content (AvgIpc) is 3.40. The number of amides is 2. The van der Waals surface area contributed by atoms with E-state index in [0.717, 1.165) is 43.8 Å². The Balaban J connectivity index is 1.32. The van der Waals surface area contributed by atoms with E-state index in [1.807, 2.05) is 6.92 Å². The number of alkyl halides is 3. The molecule has 0 N–H and O–H groups in total. The third kappa shape index (κ3) is 6.02. The van der Waals surface area contributed by atoms with Gasteiger partial charge in [0.1, 0.15) is 0 Å². The van der Waals surface area contributed by atoms with Crippen molar-refractivity contribution in [3.63, 3.8) is 0 Å². The van der Waals surface area contributed by atoms with E-state index in [0.29, 0.717) is 33.8 Å². The number of fused-ring (bicyclic) bond motifs is 1. The minimum atomic E-state index is -4.54. The fraction of sp³-hybridized carbons (Fsp3) is 0.393. The van der Waals surface area contributed by atoms with Crippen LogP contribution >= 0.6 is 23.4 Å². The van der Waals surface area contributed by atoms with Crippen molar-refractivity contribution in [1.29, 1.82) is 0 Å². The van der Waals surface area contributed by atoms with Gasteiger partial charge in [-0.3, -0.25) is 19.2 Å². The smallest absolute Gasteiger partial charge is 0.301 e. The Hall–Kier alpha value is -2.82. The molecule has 3 aromatic rings. The highest BCUT2D eigenvalue weighted by atomic mass is 35.5. The molecule has 0 bridgehead atoms. The van der Waals surface area contributed by atoms with Gasteiger partial charge in [0.25, 0.3) is 11.1 Å². The Kier molecular flexibility index (Phi) is 7.81. The first kappa shape index (κ1) is 27.7. The zero-order chi connectivity index (χ0) is 27.9. The van der Waals surface area contributed by atoms with Gasteiger partial charge in [-0.25, -0.2) is 0 Å². The second-order valence-corrected chi connectivity index (χ2v) is 11.7. The van der Waals surface area contributed by atoms with E-state index in [1.54, 1.807) is 30.5 Å². The number of piperidine rings is 1. The summed E-state index contributed by atoms with van der Waals surface area (Å²) < 4.78 is 42.1. The van der Waals surface area contributed by atoms with Gasteiger partial charge in [-0.2, -0.15) is 18.3 Å². The predicted molar refractivity (Wildman–Crippen MR) is 147 cm³/mol. The topological polar surface area (TPSA) is 58.4 Å². The van der Waals surface area contributed by atoms with Gasteiger partial charge in [0, 0.05) is 17.0 Å². The van der Waals surface area contributed by atoms with E-state index in [2.05, 4.69) is 16.9 Å². The summed E-state index contributed by atoms with van der Waals surface area (Å²) in [5.41, 5.74) is 0.610. The molecule has 0 spiro atoms. The first-order valence-electron chi connectivity index (χ1n) is 12.8. The summed E-state index contributed by atoms with van der Waals surface area (Å²) in [5.74, 6) is 0.400. The molecule has 1 aromatic heterocycles. The monoisotopic (exact) mass is 576 g/mol. The van der Waals surface area contributed by atoms with Crippen molar-refractivity contribution in [2.75, 3.05) is 19.6 Å². The Morgan fingerprint density at radius 2 is 1.90 bits per heavy atom. The molecule has 1 unspecified atom stereocenters. The van der Waals surface area contributed by atoms with Crippen LogP contribution < -0.4 is 0 Å². The Bertz CT molecular complexity index is 1450. The van der Waals surface area contributed by atoms with Gasteiger partial charge >= 0.3 is 6.18 Å². The van der Waals surface area contributed by atoms with Gasteiger partial charge in [-0.15, -0.1) is 0 Å². The molecule has 2 amide bonds. The second-order valence-electron chi connectivity index (χ2n) is 10.3. The molecule has 0 aliphatic carbocycles. The van der Waals surface area contributed by atoms with Gasteiger partial charge in [-0.05, 0) is 92.0 Å². The van der Waals surface area contributed by atoms with E-state index in [-0.39, 0.29) is 34.3 Å². The number of thioether (sulfide) groups is 1. The summed E-state index contributed by atoms with van der Waals surface area (Å²) in [6.45, 7) is 6.67. The maximum absolute atomic E-state index is 13.5. The molecule has 39 heavy (non-hydrogen) atoms. The molecular formula is C28H28ClF3N4O2S. The number of hydrogen-bond acceptors (Lipinski definition) is 5. The van der Waals surface area contributed by atoms with Crippen molar-refractivity contribution in [1.82, 2.24) is 19.6 Å². The van der Waals surface area contributed by atoms with E-state index in [4.69, 9.17) is 11.6 Å². The third-order valence-corrected chi connectivity index (χ3v) is 8.44. The molecule has 2 saturated heterocycles. The van der Waals surface area contributed by atoms with Crippen LogP contribution in [0.1, 0.15) is 43.4 Å². The number of halogens is 4. The zero-order valence-corrected chi connectivity index (χ0v) is 23.1. The van der Waals surface area contributed by atoms with Gasteiger partial charge in [0.15, 0.2) is 0 Å². The first-order valence-corrected chi connectivity index (χ1v) is 14.0. The molecule has 2 aromatic carbocycles. The summed E-state index contributed by atoms with van der Waals surface area (Å²) in [5, 5.41) is 4.73. The lowest BCUT2D eigenvalue weighted by atomic mass is 9.99. The minimum absolute atomic E-state index is 0.0148. The summed E-state index contributed by atoms with van der Waals surface area (Å²) in [7, 11) is 0. The fourth-order valence-electron chi connectivity index (χ4n) is 5.14. The first-order chi connectivity index (χ1) is 18.5. The van der Waals surface area contributed by atoms with Gasteiger partial charge in [-0.1, -0.05) is 30.7 Å². The third-order valence-electron chi connectivity index (χ3n) is 7.32. The maximum atomic E-state index is 13.5. The van der Waals surface area contributed by atoms with Crippen LogP contribution in [-0.2, 0) is 17.5 Å². The molecule has 2 aliphatic heterocycles. The van der Waals surface area contributed by atoms with Gasteiger partial charge < -0.3 is 4.90 Å². The zero-order valence-electron chi connectivity index (χ0n) is 21.5. The average molecular weight is 577 g/mol. The molecule has 5 rings (SSSR count). The highest BCUT2D eigenvalue weighted by Gasteiger charge is 2.39. The molecule has 1 atom stereocenters. The Morgan fingerprint density at radius 3 is 2.62 bits per heavy atom. The molecular weight excluding hydrogens is 549 g/mol. The number of benzene rings is 2. The molecule has 6 nitrogen and oxygen atoms in total. The van der Waals surface area contributed by atoms with Crippen molar-refractivity contribution >= 4 is 51.5 Å². The molecule has 0 radical (unpaired) electrons. The van der Waals surface area contributed by atoms with Crippen LogP contribution in [0.4, 0.5) is 18.0 Å². The van der Waals surface area contributed by atoms with Crippen LogP contribution in [0.25, 0.3) is 17.0 Å². The van der Waals surface area contributed by atoms with Crippen LogP contribution in [0.5, 0.6) is 0 Å². The molecule has 0 saturated carbocycles. The Labute approximate surface area is 233 Å². The standard InChI is InChI=1S/C28H28ClF3N4O2S/c1-17-7-9-34(10-8-17)15-18(2)36-26(37)25(39-27(36)38)12-19-3-6-24-21(11-19)14-33-35(24)16-20-4-5-22(29)13-23(20)28(30,31)32/h3-6,11-14,17-18H,7-10,15-16H2,1-2H3/b25-12-. The Morgan fingerprint density at radius 1 is 1.15 bits per heavy atom. The molecule has 2 fully saturated rings. The molecule has 206 valence electrons. The van der Waals surface area contributed by atoms with E-state index < -0.39 is 11.7 Å². The van der Waals surface area contributed by atoms with Crippen LogP contribution in [0, 0.1) is 5.92 Å². The lowest BCUT2D eigenvalue weighted by Gasteiger charge is -2.34. The van der Waals surface area contributed by atoms with E-state index >= 15 is 0 Å². The van der Waals surface area contributed by atoms with Crippen molar-refractivity contribution < 1.29 is 22.8 Å². The largest absolute Gasteiger partial charge is 0.416 e. The normalized spacial score (nSPS) is 19.5. The number of hydrogen-bond donors (Lipinski definition) is 0. The molecule has 11 heteroatoms. The van der Waals surface area contributed by atoms with Crippen LogP contribution in [0.3, 0.4) is 0 Å². The molecule has 2 aliphatic rings. The van der Waals surface area contributed by atoms with Crippen LogP contribution in [0.2, 0.25) is 5.02 Å². The minimum Gasteiger partial charge on any atom is -0.301 e. The SMILES string of the molecule is CC1CCN(CC(C)N2C(=O)S/C(=C\c3ccc4c(cnn4Cc4ccc(Cl)cc4C(F)(F)F)c3)C2=O)CC1. The number of likely N-dealkylation sites (tertiary alicyclic amines) is 1. The van der Waals surface area contributed by atoms with Crippen LogP contribution in [-0.4, -0.2) is 56.4 Å². The second kappa shape index (κ2) is 11.0. The number of imide groups is 1. The lowest BCUT2D eigenvalue weighted by molar-refractivity contribution is -0.138. The van der Waals surface area contributed by atoms with Crippen molar-refractivity contribution in [2.24, 2.45) is 5.92 Å².